The first-order valence-corrected chi connectivity index (χ1v) is 12.2. The Hall–Kier alpha value is -2.85. The lowest BCUT2D eigenvalue weighted by molar-refractivity contribution is -0.132. The Morgan fingerprint density at radius 3 is 2.42 bits per heavy atom. The molecule has 0 aliphatic carbocycles. The Kier molecular flexibility index (Phi) is 9.32. The van der Waals surface area contributed by atoms with Gasteiger partial charge in [-0.3, -0.25) is 0 Å². The maximum absolute atomic E-state index is 12.5. The summed E-state index contributed by atoms with van der Waals surface area (Å²) < 4.78 is 2.11. The van der Waals surface area contributed by atoms with Crippen molar-refractivity contribution >= 4 is 23.6 Å². The van der Waals surface area contributed by atoms with Crippen molar-refractivity contribution in [1.29, 1.82) is 0 Å². The second-order valence-corrected chi connectivity index (χ2v) is 8.80. The molecule has 0 spiro atoms. The van der Waals surface area contributed by atoms with Gasteiger partial charge in [-0.05, 0) is 36.1 Å². The van der Waals surface area contributed by atoms with E-state index in [1.54, 1.807) is 6.20 Å². The largest absolute Gasteiger partial charge is 0.478 e. The molecular weight excluding hydrogens is 432 g/mol. The lowest BCUT2D eigenvalue weighted by Crippen LogP contribution is -2.13. The van der Waals surface area contributed by atoms with Gasteiger partial charge in [0.25, 0.3) is 0 Å². The topological polar surface area (TPSA) is 55.1 Å². The van der Waals surface area contributed by atoms with Gasteiger partial charge in [0.2, 0.25) is 0 Å². The number of carbonyl (C=O) groups is 1. The van der Waals surface area contributed by atoms with Gasteiger partial charge in [0.05, 0.1) is 18.4 Å². The molecule has 174 valence electrons. The van der Waals surface area contributed by atoms with E-state index in [2.05, 4.69) is 23.4 Å². The molecule has 0 saturated carbocycles. The normalized spacial score (nSPS) is 12.6. The van der Waals surface area contributed by atoms with Gasteiger partial charge in [0.15, 0.2) is 0 Å². The van der Waals surface area contributed by atoms with E-state index in [0.29, 0.717) is 17.1 Å². The highest BCUT2D eigenvalue weighted by Gasteiger charge is 2.23. The number of rotatable bonds is 12. The Balaban J connectivity index is 2.07. The van der Waals surface area contributed by atoms with E-state index >= 15 is 0 Å². The van der Waals surface area contributed by atoms with Gasteiger partial charge in [-0.15, -0.1) is 0 Å². The number of carboxylic acid groups (broad SMARTS) is 1. The maximum Gasteiger partial charge on any atom is 0.332 e. The van der Waals surface area contributed by atoms with Crippen molar-refractivity contribution in [3.05, 3.63) is 94.0 Å². The Bertz CT molecular complexity index is 1070. The first kappa shape index (κ1) is 24.8. The van der Waals surface area contributed by atoms with Gasteiger partial charge in [0, 0.05) is 22.9 Å². The molecule has 0 amide bonds. The summed E-state index contributed by atoms with van der Waals surface area (Å²) in [5.41, 5.74) is 3.22. The predicted molar refractivity (Wildman–Crippen MR) is 136 cm³/mol. The van der Waals surface area contributed by atoms with Crippen LogP contribution in [0.2, 0.25) is 5.02 Å². The zero-order valence-corrected chi connectivity index (χ0v) is 20.3. The van der Waals surface area contributed by atoms with E-state index in [-0.39, 0.29) is 5.92 Å². The van der Waals surface area contributed by atoms with E-state index in [1.165, 1.54) is 0 Å². The lowest BCUT2D eigenvalue weighted by Gasteiger charge is -2.19. The number of halogens is 1. The molecular formula is C28H33ClN2O2. The molecule has 1 heterocycles. The van der Waals surface area contributed by atoms with Crippen LogP contribution in [0.4, 0.5) is 0 Å². The highest BCUT2D eigenvalue weighted by atomic mass is 35.5. The monoisotopic (exact) mass is 464 g/mol. The standard InChI is InChI=1S/C28H33ClN2O2/c1-3-5-15-24(21-12-8-7-9-13-21)25(28(32)33)18-23-19-30-27(17-6-4-2)31(23)20-22-14-10-11-16-26(22)29/h7-14,16,18-19,24H,3-6,15,17,20H2,1-2H3,(H,32,33). The van der Waals surface area contributed by atoms with Crippen LogP contribution in [-0.4, -0.2) is 20.6 Å². The average Bonchev–Trinajstić information content (AvgIpc) is 3.20. The van der Waals surface area contributed by atoms with Crippen LogP contribution in [0, 0.1) is 0 Å². The molecule has 1 aromatic heterocycles. The second kappa shape index (κ2) is 12.4. The van der Waals surface area contributed by atoms with Gasteiger partial charge in [-0.25, -0.2) is 9.78 Å². The van der Waals surface area contributed by atoms with Crippen molar-refractivity contribution in [1.82, 2.24) is 9.55 Å². The van der Waals surface area contributed by atoms with Crippen LogP contribution in [0.5, 0.6) is 0 Å². The number of nitrogens with zero attached hydrogens (tertiary/aromatic N) is 2. The van der Waals surface area contributed by atoms with Crippen LogP contribution in [0.15, 0.2) is 66.4 Å². The quantitative estimate of drug-likeness (QED) is 0.284. The van der Waals surface area contributed by atoms with Crippen molar-refractivity contribution in [2.24, 2.45) is 0 Å². The zero-order valence-electron chi connectivity index (χ0n) is 19.5. The zero-order chi connectivity index (χ0) is 23.6. The number of hydrogen-bond donors (Lipinski definition) is 1. The van der Waals surface area contributed by atoms with Crippen LogP contribution in [0.3, 0.4) is 0 Å². The minimum Gasteiger partial charge on any atom is -0.478 e. The van der Waals surface area contributed by atoms with E-state index in [4.69, 9.17) is 11.6 Å². The van der Waals surface area contributed by atoms with E-state index in [1.807, 2.05) is 60.7 Å². The molecule has 3 aromatic rings. The number of benzene rings is 2. The molecule has 2 aromatic carbocycles. The first-order valence-electron chi connectivity index (χ1n) is 11.8. The number of carboxylic acids is 1. The number of unbranched alkanes of at least 4 members (excludes halogenated alkanes) is 2. The minimum absolute atomic E-state index is 0.175. The van der Waals surface area contributed by atoms with E-state index in [0.717, 1.165) is 61.2 Å². The van der Waals surface area contributed by atoms with Crippen molar-refractivity contribution in [3.8, 4) is 0 Å². The van der Waals surface area contributed by atoms with Crippen molar-refractivity contribution < 1.29 is 9.90 Å². The third-order valence-electron chi connectivity index (χ3n) is 5.98. The van der Waals surface area contributed by atoms with E-state index in [9.17, 15) is 9.90 Å². The Morgan fingerprint density at radius 2 is 1.76 bits per heavy atom. The van der Waals surface area contributed by atoms with Gasteiger partial charge in [0.1, 0.15) is 5.82 Å². The van der Waals surface area contributed by atoms with Crippen LogP contribution in [-0.2, 0) is 17.8 Å². The molecule has 0 aliphatic heterocycles. The molecule has 5 heteroatoms. The third kappa shape index (κ3) is 6.58. The summed E-state index contributed by atoms with van der Waals surface area (Å²) in [5.74, 6) is -0.107. The summed E-state index contributed by atoms with van der Waals surface area (Å²) in [6.45, 7) is 4.84. The van der Waals surface area contributed by atoms with Crippen molar-refractivity contribution in [3.63, 3.8) is 0 Å². The highest BCUT2D eigenvalue weighted by molar-refractivity contribution is 6.31. The van der Waals surface area contributed by atoms with Crippen LogP contribution in [0.25, 0.3) is 6.08 Å². The number of imidazole rings is 1. The average molecular weight is 465 g/mol. The molecule has 0 bridgehead atoms. The molecule has 33 heavy (non-hydrogen) atoms. The summed E-state index contributed by atoms with van der Waals surface area (Å²) in [5, 5.41) is 10.9. The summed E-state index contributed by atoms with van der Waals surface area (Å²) in [6, 6.07) is 17.7. The Morgan fingerprint density at radius 1 is 1.06 bits per heavy atom. The summed E-state index contributed by atoms with van der Waals surface area (Å²) in [4.78, 5) is 17.1. The molecule has 4 nitrogen and oxygen atoms in total. The van der Waals surface area contributed by atoms with Gasteiger partial charge < -0.3 is 9.67 Å². The fourth-order valence-electron chi connectivity index (χ4n) is 4.12. The Labute approximate surface area is 201 Å². The molecule has 0 aliphatic rings. The number of aryl methyl sites for hydroxylation is 1. The molecule has 1 N–H and O–H groups in total. The fraction of sp³-hybridized carbons (Fsp3) is 0.357. The number of aromatic nitrogens is 2. The van der Waals surface area contributed by atoms with Crippen molar-refractivity contribution in [2.45, 2.75) is 64.8 Å². The maximum atomic E-state index is 12.5. The SMILES string of the molecule is CCCCc1ncc(C=C(C(=O)O)C(CCCC)c2ccccc2)n1Cc1ccccc1Cl. The number of hydrogen-bond acceptors (Lipinski definition) is 2. The lowest BCUT2D eigenvalue weighted by atomic mass is 9.86. The van der Waals surface area contributed by atoms with Crippen LogP contribution >= 0.6 is 11.6 Å². The molecule has 0 saturated heterocycles. The molecule has 3 rings (SSSR count). The summed E-state index contributed by atoms with van der Waals surface area (Å²) in [7, 11) is 0. The summed E-state index contributed by atoms with van der Waals surface area (Å²) in [6.07, 6.45) is 9.32. The number of aliphatic carboxylic acids is 1. The molecule has 0 fully saturated rings. The fourth-order valence-corrected chi connectivity index (χ4v) is 4.32. The first-order chi connectivity index (χ1) is 16.0. The third-order valence-corrected chi connectivity index (χ3v) is 6.35. The van der Waals surface area contributed by atoms with Crippen LogP contribution < -0.4 is 0 Å². The van der Waals surface area contributed by atoms with Gasteiger partial charge in [-0.1, -0.05) is 93.2 Å². The van der Waals surface area contributed by atoms with E-state index < -0.39 is 5.97 Å². The molecule has 0 radical (unpaired) electrons. The summed E-state index contributed by atoms with van der Waals surface area (Å²) >= 11 is 6.45. The minimum atomic E-state index is -0.888. The van der Waals surface area contributed by atoms with Crippen molar-refractivity contribution in [2.75, 3.05) is 0 Å². The van der Waals surface area contributed by atoms with Crippen LogP contribution in [0.1, 0.15) is 74.5 Å². The predicted octanol–water partition coefficient (Wildman–Crippen LogP) is 7.37. The smallest absolute Gasteiger partial charge is 0.332 e. The second-order valence-electron chi connectivity index (χ2n) is 8.39. The molecule has 1 atom stereocenters. The van der Waals surface area contributed by atoms with Gasteiger partial charge in [-0.2, -0.15) is 0 Å². The molecule has 1 unspecified atom stereocenters. The highest BCUT2D eigenvalue weighted by Crippen LogP contribution is 2.32. The van der Waals surface area contributed by atoms with Gasteiger partial charge >= 0.3 is 5.97 Å².